The quantitative estimate of drug-likeness (QED) is 0.392. The molecule has 128 valence electrons. The highest BCUT2D eigenvalue weighted by molar-refractivity contribution is 9.10. The monoisotopic (exact) mass is 474 g/mol. The van der Waals surface area contributed by atoms with Crippen molar-refractivity contribution >= 4 is 49.4 Å². The Morgan fingerprint density at radius 1 is 1.08 bits per heavy atom. The van der Waals surface area contributed by atoms with Crippen LogP contribution in [0.2, 0.25) is 5.02 Å². The summed E-state index contributed by atoms with van der Waals surface area (Å²) in [5, 5.41) is 0.424. The van der Waals surface area contributed by atoms with E-state index >= 15 is 0 Å². The molecule has 24 heavy (non-hydrogen) atoms. The molecule has 0 spiro atoms. The molecule has 0 aliphatic heterocycles. The van der Waals surface area contributed by atoms with Crippen LogP contribution >= 0.6 is 43.5 Å². The number of benzene rings is 2. The van der Waals surface area contributed by atoms with Gasteiger partial charge in [-0.3, -0.25) is 0 Å². The summed E-state index contributed by atoms with van der Waals surface area (Å²) in [6.45, 7) is 6.14. The van der Waals surface area contributed by atoms with Crippen molar-refractivity contribution in [3.8, 4) is 11.5 Å². The molecule has 2 aromatic rings. The second-order valence-electron chi connectivity index (χ2n) is 6.23. The van der Waals surface area contributed by atoms with Crippen molar-refractivity contribution in [1.82, 2.24) is 0 Å². The molecule has 0 saturated heterocycles. The first-order valence-corrected chi connectivity index (χ1v) is 9.22. The number of hydrogen-bond acceptors (Lipinski definition) is 3. The summed E-state index contributed by atoms with van der Waals surface area (Å²) >= 11 is 12.8. The Bertz CT molecular complexity index is 754. The van der Waals surface area contributed by atoms with Crippen LogP contribution in [0.3, 0.4) is 0 Å². The Labute approximate surface area is 163 Å². The average Bonchev–Trinajstić information content (AvgIpc) is 2.47. The van der Waals surface area contributed by atoms with E-state index < -0.39 is 5.97 Å². The molecule has 0 aromatic heterocycles. The maximum absolute atomic E-state index is 12.0. The molecule has 0 aliphatic rings. The predicted octanol–water partition coefficient (Wildman–Crippen LogP) is 6.15. The van der Waals surface area contributed by atoms with Crippen LogP contribution < -0.4 is 9.47 Å². The van der Waals surface area contributed by atoms with Crippen molar-refractivity contribution in [2.75, 3.05) is 6.61 Å². The lowest BCUT2D eigenvalue weighted by molar-refractivity contribution is -0.136. The van der Waals surface area contributed by atoms with Gasteiger partial charge in [-0.25, -0.2) is 4.79 Å². The van der Waals surface area contributed by atoms with Crippen LogP contribution in [0.25, 0.3) is 0 Å². The van der Waals surface area contributed by atoms with Crippen LogP contribution in [0.4, 0.5) is 0 Å². The summed E-state index contributed by atoms with van der Waals surface area (Å²) in [5.74, 6) is 0.385. The zero-order valence-electron chi connectivity index (χ0n) is 13.5. The number of rotatable bonds is 4. The topological polar surface area (TPSA) is 35.5 Å². The largest absolute Gasteiger partial charge is 0.480 e. The molecule has 0 N–H and O–H groups in total. The number of halogens is 3. The molecule has 0 saturated carbocycles. The van der Waals surface area contributed by atoms with E-state index in [2.05, 4.69) is 52.6 Å². The maximum Gasteiger partial charge on any atom is 0.349 e. The van der Waals surface area contributed by atoms with Gasteiger partial charge >= 0.3 is 5.97 Å². The van der Waals surface area contributed by atoms with Gasteiger partial charge < -0.3 is 9.47 Å². The van der Waals surface area contributed by atoms with E-state index in [-0.39, 0.29) is 12.0 Å². The predicted molar refractivity (Wildman–Crippen MR) is 103 cm³/mol. The van der Waals surface area contributed by atoms with Crippen molar-refractivity contribution in [2.45, 2.75) is 26.2 Å². The third kappa shape index (κ3) is 5.23. The minimum atomic E-state index is -0.502. The zero-order chi connectivity index (χ0) is 17.9. The van der Waals surface area contributed by atoms with Gasteiger partial charge in [0, 0.05) is 4.47 Å². The van der Waals surface area contributed by atoms with Gasteiger partial charge in [-0.05, 0) is 57.2 Å². The Hall–Kier alpha value is -1.04. The van der Waals surface area contributed by atoms with Crippen molar-refractivity contribution in [3.05, 3.63) is 55.9 Å². The molecule has 0 radical (unpaired) electrons. The Morgan fingerprint density at radius 2 is 1.75 bits per heavy atom. The minimum Gasteiger partial charge on any atom is -0.480 e. The van der Waals surface area contributed by atoms with Crippen LogP contribution in [0.1, 0.15) is 26.3 Å². The highest BCUT2D eigenvalue weighted by Crippen LogP contribution is 2.32. The van der Waals surface area contributed by atoms with E-state index in [0.29, 0.717) is 16.5 Å². The standard InChI is InChI=1S/C18H17Br2ClO3/c1-18(2,3)11-4-6-15(13(20)8-11)24-17(22)10-23-16-7-5-12(19)9-14(16)21/h4-9H,10H2,1-3H3. The van der Waals surface area contributed by atoms with Gasteiger partial charge in [-0.2, -0.15) is 0 Å². The number of ether oxygens (including phenoxy) is 2. The average molecular weight is 477 g/mol. The number of carbonyl (C=O) groups is 1. The van der Waals surface area contributed by atoms with Gasteiger partial charge in [-0.15, -0.1) is 0 Å². The second-order valence-corrected chi connectivity index (χ2v) is 8.41. The summed E-state index contributed by atoms with van der Waals surface area (Å²) in [6.07, 6.45) is 0. The summed E-state index contributed by atoms with van der Waals surface area (Å²) in [4.78, 5) is 12.0. The molecule has 2 aromatic carbocycles. The molecule has 2 rings (SSSR count). The van der Waals surface area contributed by atoms with E-state index in [1.165, 1.54) is 0 Å². The molecular weight excluding hydrogens is 459 g/mol. The molecule has 0 bridgehead atoms. The van der Waals surface area contributed by atoms with Crippen molar-refractivity contribution in [2.24, 2.45) is 0 Å². The Morgan fingerprint density at radius 3 is 2.33 bits per heavy atom. The molecular formula is C18H17Br2ClO3. The fourth-order valence-electron chi connectivity index (χ4n) is 1.93. The van der Waals surface area contributed by atoms with Crippen LogP contribution in [0.15, 0.2) is 45.3 Å². The molecule has 0 atom stereocenters. The van der Waals surface area contributed by atoms with Gasteiger partial charge in [-0.1, -0.05) is 54.4 Å². The van der Waals surface area contributed by atoms with E-state index in [0.717, 1.165) is 14.5 Å². The third-order valence-electron chi connectivity index (χ3n) is 3.26. The first-order valence-electron chi connectivity index (χ1n) is 7.25. The van der Waals surface area contributed by atoms with E-state index in [9.17, 15) is 4.79 Å². The SMILES string of the molecule is CC(C)(C)c1ccc(OC(=O)COc2ccc(Br)cc2Cl)c(Br)c1. The summed E-state index contributed by atoms with van der Waals surface area (Å²) < 4.78 is 12.3. The normalized spacial score (nSPS) is 11.2. The molecule has 0 amide bonds. The van der Waals surface area contributed by atoms with Crippen LogP contribution in [-0.4, -0.2) is 12.6 Å². The summed E-state index contributed by atoms with van der Waals surface area (Å²) in [7, 11) is 0. The first-order chi connectivity index (χ1) is 11.2. The van der Waals surface area contributed by atoms with Gasteiger partial charge in [0.05, 0.1) is 9.50 Å². The Balaban J connectivity index is 2.00. The van der Waals surface area contributed by atoms with E-state index in [1.54, 1.807) is 24.3 Å². The number of esters is 1. The zero-order valence-corrected chi connectivity index (χ0v) is 17.5. The van der Waals surface area contributed by atoms with E-state index in [1.807, 2.05) is 12.1 Å². The lowest BCUT2D eigenvalue weighted by Gasteiger charge is -2.20. The van der Waals surface area contributed by atoms with Crippen LogP contribution in [-0.2, 0) is 10.2 Å². The lowest BCUT2D eigenvalue weighted by atomic mass is 9.87. The molecule has 0 fully saturated rings. The van der Waals surface area contributed by atoms with Gasteiger partial charge in [0.15, 0.2) is 6.61 Å². The molecule has 0 aliphatic carbocycles. The highest BCUT2D eigenvalue weighted by Gasteiger charge is 2.17. The van der Waals surface area contributed by atoms with Crippen LogP contribution in [0, 0.1) is 0 Å². The number of carbonyl (C=O) groups excluding carboxylic acids is 1. The van der Waals surface area contributed by atoms with Gasteiger partial charge in [0.1, 0.15) is 11.5 Å². The Kier molecular flexibility index (Phi) is 6.34. The first kappa shape index (κ1) is 19.3. The van der Waals surface area contributed by atoms with Crippen molar-refractivity contribution in [1.29, 1.82) is 0 Å². The maximum atomic E-state index is 12.0. The molecule has 0 unspecified atom stereocenters. The lowest BCUT2D eigenvalue weighted by Crippen LogP contribution is -2.18. The summed E-state index contributed by atoms with van der Waals surface area (Å²) in [6, 6.07) is 10.8. The summed E-state index contributed by atoms with van der Waals surface area (Å²) in [5.41, 5.74) is 1.17. The smallest absolute Gasteiger partial charge is 0.349 e. The van der Waals surface area contributed by atoms with Gasteiger partial charge in [0.25, 0.3) is 0 Å². The molecule has 6 heteroatoms. The van der Waals surface area contributed by atoms with Crippen LogP contribution in [0.5, 0.6) is 11.5 Å². The second kappa shape index (κ2) is 7.89. The van der Waals surface area contributed by atoms with Crippen molar-refractivity contribution < 1.29 is 14.3 Å². The minimum absolute atomic E-state index is 0.0203. The fourth-order valence-corrected chi connectivity index (χ4v) is 3.12. The van der Waals surface area contributed by atoms with E-state index in [4.69, 9.17) is 21.1 Å². The molecule has 3 nitrogen and oxygen atoms in total. The highest BCUT2D eigenvalue weighted by atomic mass is 79.9. The molecule has 0 heterocycles. The van der Waals surface area contributed by atoms with Crippen molar-refractivity contribution in [3.63, 3.8) is 0 Å². The number of hydrogen-bond donors (Lipinski definition) is 0. The third-order valence-corrected chi connectivity index (χ3v) is 4.67. The fraction of sp³-hybridized carbons (Fsp3) is 0.278. The van der Waals surface area contributed by atoms with Gasteiger partial charge in [0.2, 0.25) is 0 Å².